The van der Waals surface area contributed by atoms with Gasteiger partial charge in [-0.15, -0.1) is 11.3 Å². The standard InChI is InChI=1S/C34H44N8O4S2/c1-24-19-30(38-34(43)46-4)47-33(24)48(44,45)42-17-15-40(16-18-42)21-25(2)37-32-29-10-6-9-28(31(29)35-23-36-32)27-8-5-7-26(20-27)22-41-13-11-39(3)12-14-41/h5-10,19-20,23,25H,11-18,21-22H2,1-4H3,(H,38,43)(H,35,36,37)/t25-/m0/s1. The van der Waals surface area contributed by atoms with Crippen LogP contribution in [0.1, 0.15) is 18.1 Å². The van der Waals surface area contributed by atoms with Crippen molar-refractivity contribution in [3.8, 4) is 11.1 Å². The molecule has 0 spiro atoms. The largest absolute Gasteiger partial charge is 0.453 e. The molecule has 1 amide bonds. The maximum absolute atomic E-state index is 13.5. The lowest BCUT2D eigenvalue weighted by molar-refractivity contribution is 0.148. The zero-order valence-corrected chi connectivity index (χ0v) is 29.6. The van der Waals surface area contributed by atoms with Crippen LogP contribution >= 0.6 is 11.3 Å². The van der Waals surface area contributed by atoms with E-state index in [4.69, 9.17) is 4.98 Å². The Kier molecular flexibility index (Phi) is 10.6. The van der Waals surface area contributed by atoms with Crippen LogP contribution in [0, 0.1) is 6.92 Å². The number of fused-ring (bicyclic) bond motifs is 1. The molecule has 0 bridgehead atoms. The molecule has 4 heterocycles. The topological polar surface area (TPSA) is 123 Å². The first-order chi connectivity index (χ1) is 23.1. The second-order valence-corrected chi connectivity index (χ2v) is 15.8. The highest BCUT2D eigenvalue weighted by Gasteiger charge is 2.32. The van der Waals surface area contributed by atoms with Gasteiger partial charge in [0, 0.05) is 82.4 Å². The molecule has 14 heteroatoms. The van der Waals surface area contributed by atoms with Gasteiger partial charge in [0.25, 0.3) is 10.0 Å². The predicted molar refractivity (Wildman–Crippen MR) is 191 cm³/mol. The number of nitrogens with one attached hydrogen (secondary N) is 2. The summed E-state index contributed by atoms with van der Waals surface area (Å²) >= 11 is 1.04. The van der Waals surface area contributed by atoms with Gasteiger partial charge in [0.05, 0.1) is 17.6 Å². The molecule has 0 saturated carbocycles. The number of hydrogen-bond acceptors (Lipinski definition) is 11. The number of aryl methyl sites for hydroxylation is 1. The molecule has 2 saturated heterocycles. The molecular formula is C34H44N8O4S2. The average molecular weight is 693 g/mol. The number of para-hydroxylation sites is 1. The van der Waals surface area contributed by atoms with Crippen molar-refractivity contribution in [3.05, 3.63) is 66.0 Å². The van der Waals surface area contributed by atoms with E-state index in [0.29, 0.717) is 36.7 Å². The fourth-order valence-electron chi connectivity index (χ4n) is 6.41. The van der Waals surface area contributed by atoms with Crippen LogP contribution in [0.25, 0.3) is 22.0 Å². The molecule has 12 nitrogen and oxygen atoms in total. The highest BCUT2D eigenvalue weighted by molar-refractivity contribution is 7.91. The van der Waals surface area contributed by atoms with E-state index in [0.717, 1.165) is 78.5 Å². The van der Waals surface area contributed by atoms with Gasteiger partial charge < -0.3 is 15.0 Å². The smallest absolute Gasteiger partial charge is 0.411 e. The number of rotatable bonds is 10. The fraction of sp³-hybridized carbons (Fsp3) is 0.441. The molecule has 48 heavy (non-hydrogen) atoms. The summed E-state index contributed by atoms with van der Waals surface area (Å²) in [7, 11) is -0.233. The molecule has 2 fully saturated rings. The van der Waals surface area contributed by atoms with E-state index in [9.17, 15) is 13.2 Å². The van der Waals surface area contributed by atoms with Crippen LogP contribution in [-0.2, 0) is 21.3 Å². The quantitative estimate of drug-likeness (QED) is 0.247. The lowest BCUT2D eigenvalue weighted by atomic mass is 10.00. The van der Waals surface area contributed by atoms with E-state index in [1.54, 1.807) is 19.3 Å². The van der Waals surface area contributed by atoms with E-state index in [-0.39, 0.29) is 10.3 Å². The van der Waals surface area contributed by atoms with Gasteiger partial charge in [0.15, 0.2) is 0 Å². The zero-order chi connectivity index (χ0) is 33.8. The molecule has 256 valence electrons. The maximum atomic E-state index is 13.5. The van der Waals surface area contributed by atoms with Crippen LogP contribution in [-0.4, -0.2) is 123 Å². The van der Waals surface area contributed by atoms with Crippen molar-refractivity contribution in [3.63, 3.8) is 0 Å². The van der Waals surface area contributed by atoms with Crippen molar-refractivity contribution in [2.75, 3.05) is 83.7 Å². The number of amides is 1. The van der Waals surface area contributed by atoms with Crippen molar-refractivity contribution in [2.45, 2.75) is 30.6 Å². The number of ether oxygens (including phenoxy) is 1. The maximum Gasteiger partial charge on any atom is 0.411 e. The number of sulfonamides is 1. The number of carbonyl (C=O) groups excluding carboxylic acids is 1. The molecular weight excluding hydrogens is 649 g/mol. The number of benzene rings is 2. The highest BCUT2D eigenvalue weighted by atomic mass is 32.2. The summed E-state index contributed by atoms with van der Waals surface area (Å²) in [6.45, 7) is 11.9. The van der Waals surface area contributed by atoms with Gasteiger partial charge in [-0.1, -0.05) is 30.3 Å². The molecule has 4 aromatic rings. The normalized spacial score (nSPS) is 17.8. The summed E-state index contributed by atoms with van der Waals surface area (Å²) in [4.78, 5) is 28.1. The van der Waals surface area contributed by atoms with Crippen molar-refractivity contribution in [2.24, 2.45) is 0 Å². The zero-order valence-electron chi connectivity index (χ0n) is 28.0. The molecule has 0 aliphatic carbocycles. The SMILES string of the molecule is COC(=O)Nc1cc(C)c(S(=O)(=O)N2CCN(C[C@H](C)Nc3ncnc4c(-c5cccc(CN6CCN(C)CC6)c5)cccc34)CC2)s1. The molecule has 6 rings (SSSR count). The Morgan fingerprint density at radius 2 is 1.71 bits per heavy atom. The minimum absolute atomic E-state index is 0.0633. The Balaban J connectivity index is 1.08. The molecule has 0 unspecified atom stereocenters. The third-order valence-electron chi connectivity index (χ3n) is 9.01. The van der Waals surface area contributed by atoms with E-state index in [1.165, 1.54) is 17.0 Å². The van der Waals surface area contributed by atoms with E-state index in [2.05, 4.69) is 91.5 Å². The fourth-order valence-corrected chi connectivity index (χ4v) is 9.55. The summed E-state index contributed by atoms with van der Waals surface area (Å²) in [5.41, 5.74) is 5.04. The number of hydrogen-bond donors (Lipinski definition) is 2. The van der Waals surface area contributed by atoms with Crippen molar-refractivity contribution in [1.29, 1.82) is 0 Å². The summed E-state index contributed by atoms with van der Waals surface area (Å²) < 4.78 is 33.3. The van der Waals surface area contributed by atoms with Crippen molar-refractivity contribution < 1.29 is 17.9 Å². The Hall–Kier alpha value is -3.66. The predicted octanol–water partition coefficient (Wildman–Crippen LogP) is 4.40. The molecule has 2 N–H and O–H groups in total. The Bertz CT molecular complexity index is 1850. The highest BCUT2D eigenvalue weighted by Crippen LogP contribution is 2.34. The molecule has 2 aliphatic heterocycles. The number of aromatic nitrogens is 2. The lowest BCUT2D eigenvalue weighted by Gasteiger charge is -2.35. The second kappa shape index (κ2) is 14.8. The Morgan fingerprint density at radius 1 is 0.979 bits per heavy atom. The minimum atomic E-state index is -3.68. The number of methoxy groups -OCH3 is 1. The number of likely N-dealkylation sites (N-methyl/N-ethyl adjacent to an activating group) is 1. The van der Waals surface area contributed by atoms with Gasteiger partial charge >= 0.3 is 6.09 Å². The van der Waals surface area contributed by atoms with Gasteiger partial charge in [-0.3, -0.25) is 15.1 Å². The lowest BCUT2D eigenvalue weighted by Crippen LogP contribution is -2.50. The van der Waals surface area contributed by atoms with E-state index in [1.807, 2.05) is 0 Å². The van der Waals surface area contributed by atoms with Crippen LogP contribution in [0.4, 0.5) is 15.6 Å². The summed E-state index contributed by atoms with van der Waals surface area (Å²) in [5, 5.41) is 7.57. The second-order valence-electron chi connectivity index (χ2n) is 12.7. The minimum Gasteiger partial charge on any atom is -0.453 e. The van der Waals surface area contributed by atoms with Crippen molar-refractivity contribution in [1.82, 2.24) is 29.0 Å². The molecule has 2 aromatic carbocycles. The summed E-state index contributed by atoms with van der Waals surface area (Å²) in [5.74, 6) is 0.786. The molecule has 2 aromatic heterocycles. The van der Waals surface area contributed by atoms with Gasteiger partial charge in [-0.05, 0) is 55.8 Å². The first-order valence-electron chi connectivity index (χ1n) is 16.3. The van der Waals surface area contributed by atoms with Crippen LogP contribution in [0.5, 0.6) is 0 Å². The van der Waals surface area contributed by atoms with Crippen LogP contribution < -0.4 is 10.6 Å². The van der Waals surface area contributed by atoms with Gasteiger partial charge in [-0.25, -0.2) is 23.2 Å². The number of piperazine rings is 2. The number of nitrogens with zero attached hydrogens (tertiary/aromatic N) is 6. The molecule has 2 aliphatic rings. The number of carbonyl (C=O) groups is 1. The number of thiophene rings is 1. The van der Waals surface area contributed by atoms with Crippen LogP contribution in [0.3, 0.4) is 0 Å². The third kappa shape index (κ3) is 7.80. The molecule has 0 radical (unpaired) electrons. The van der Waals surface area contributed by atoms with Gasteiger partial charge in [-0.2, -0.15) is 4.31 Å². The summed E-state index contributed by atoms with van der Waals surface area (Å²) in [6.07, 6.45) is 0.992. The van der Waals surface area contributed by atoms with E-state index >= 15 is 0 Å². The molecule has 1 atom stereocenters. The third-order valence-corrected chi connectivity index (χ3v) is 12.7. The average Bonchev–Trinajstić information content (AvgIpc) is 3.46. The first kappa shape index (κ1) is 34.2. The van der Waals surface area contributed by atoms with Crippen LogP contribution in [0.2, 0.25) is 0 Å². The number of anilines is 2. The van der Waals surface area contributed by atoms with Crippen LogP contribution in [0.15, 0.2) is 59.1 Å². The van der Waals surface area contributed by atoms with Gasteiger partial charge in [0.1, 0.15) is 16.4 Å². The monoisotopic (exact) mass is 692 g/mol. The summed E-state index contributed by atoms with van der Waals surface area (Å²) in [6, 6.07) is 16.7. The first-order valence-corrected chi connectivity index (χ1v) is 18.5. The van der Waals surface area contributed by atoms with Crippen molar-refractivity contribution >= 4 is 49.2 Å². The Morgan fingerprint density at radius 3 is 2.46 bits per heavy atom. The Labute approximate surface area is 286 Å². The van der Waals surface area contributed by atoms with E-state index < -0.39 is 16.1 Å². The van der Waals surface area contributed by atoms with Gasteiger partial charge in [0.2, 0.25) is 0 Å².